The molecule has 0 aliphatic heterocycles. The summed E-state index contributed by atoms with van der Waals surface area (Å²) in [7, 11) is 0. The summed E-state index contributed by atoms with van der Waals surface area (Å²) in [4.78, 5) is 16.1. The first-order valence-electron chi connectivity index (χ1n) is 5.45. The molecule has 0 unspecified atom stereocenters. The van der Waals surface area contributed by atoms with E-state index in [0.717, 1.165) is 15.6 Å². The summed E-state index contributed by atoms with van der Waals surface area (Å²) in [5.74, 6) is 0.0235. The van der Waals surface area contributed by atoms with Gasteiger partial charge in [-0.25, -0.2) is 0 Å². The van der Waals surface area contributed by atoms with Crippen LogP contribution in [0.3, 0.4) is 0 Å². The predicted molar refractivity (Wildman–Crippen MR) is 76.2 cm³/mol. The van der Waals surface area contributed by atoms with Gasteiger partial charge in [0.05, 0.1) is 0 Å². The fourth-order valence-corrected chi connectivity index (χ4v) is 2.39. The zero-order valence-electron chi connectivity index (χ0n) is 9.78. The van der Waals surface area contributed by atoms with E-state index in [-0.39, 0.29) is 12.2 Å². The van der Waals surface area contributed by atoms with Gasteiger partial charge in [0.1, 0.15) is 0 Å². The predicted octanol–water partition coefficient (Wildman–Crippen LogP) is 4.23. The molecule has 4 heteroatoms. The van der Waals surface area contributed by atoms with E-state index in [1.54, 1.807) is 18.5 Å². The van der Waals surface area contributed by atoms with Gasteiger partial charge in [-0.3, -0.25) is 9.78 Å². The van der Waals surface area contributed by atoms with Crippen LogP contribution in [0, 0.1) is 6.92 Å². The number of aromatic nitrogens is 1. The fraction of sp³-hybridized carbons (Fsp3) is 0.143. The highest BCUT2D eigenvalue weighted by molar-refractivity contribution is 9.10. The number of pyridine rings is 1. The molecule has 0 saturated heterocycles. The van der Waals surface area contributed by atoms with E-state index in [4.69, 9.17) is 11.6 Å². The maximum absolute atomic E-state index is 12.1. The third-order valence-corrected chi connectivity index (χ3v) is 3.41. The molecule has 0 amide bonds. The van der Waals surface area contributed by atoms with Crippen molar-refractivity contribution in [3.8, 4) is 0 Å². The quantitative estimate of drug-likeness (QED) is 0.791. The second-order valence-electron chi connectivity index (χ2n) is 4.09. The Kier molecular flexibility index (Phi) is 4.15. The topological polar surface area (TPSA) is 30.0 Å². The lowest BCUT2D eigenvalue weighted by Gasteiger charge is -2.05. The van der Waals surface area contributed by atoms with Crippen LogP contribution in [0.25, 0.3) is 0 Å². The molecule has 2 rings (SSSR count). The van der Waals surface area contributed by atoms with Crippen molar-refractivity contribution >= 4 is 33.3 Å². The molecular formula is C14H11BrClNO. The molecule has 2 nitrogen and oxygen atoms in total. The first-order chi connectivity index (χ1) is 8.56. The molecule has 18 heavy (non-hydrogen) atoms. The second kappa shape index (κ2) is 5.63. The Morgan fingerprint density at radius 1 is 1.33 bits per heavy atom. The first kappa shape index (κ1) is 13.2. The summed E-state index contributed by atoms with van der Waals surface area (Å²) < 4.78 is 0.904. The molecule has 0 N–H and O–H groups in total. The van der Waals surface area contributed by atoms with Crippen molar-refractivity contribution in [2.24, 2.45) is 0 Å². The van der Waals surface area contributed by atoms with Gasteiger partial charge >= 0.3 is 0 Å². The number of aryl methyl sites for hydroxylation is 1. The number of halogens is 2. The van der Waals surface area contributed by atoms with E-state index < -0.39 is 0 Å². The minimum atomic E-state index is 0.0235. The molecule has 2 aromatic rings. The number of benzene rings is 1. The smallest absolute Gasteiger partial charge is 0.168 e. The summed E-state index contributed by atoms with van der Waals surface area (Å²) in [6.07, 6.45) is 3.60. The highest BCUT2D eigenvalue weighted by atomic mass is 79.9. The van der Waals surface area contributed by atoms with Crippen LogP contribution in [-0.2, 0) is 6.42 Å². The Balaban J connectivity index is 2.21. The van der Waals surface area contributed by atoms with E-state index >= 15 is 0 Å². The van der Waals surface area contributed by atoms with Crippen LogP contribution < -0.4 is 0 Å². The van der Waals surface area contributed by atoms with Crippen molar-refractivity contribution < 1.29 is 4.79 Å². The molecule has 1 aromatic heterocycles. The number of nitrogens with zero attached hydrogens (tertiary/aromatic N) is 1. The summed E-state index contributed by atoms with van der Waals surface area (Å²) in [5.41, 5.74) is 2.42. The van der Waals surface area contributed by atoms with Crippen molar-refractivity contribution in [3.05, 3.63) is 62.8 Å². The van der Waals surface area contributed by atoms with Crippen molar-refractivity contribution in [2.75, 3.05) is 0 Å². The van der Waals surface area contributed by atoms with Crippen molar-refractivity contribution in [1.29, 1.82) is 0 Å². The first-order valence-corrected chi connectivity index (χ1v) is 6.62. The largest absolute Gasteiger partial charge is 0.294 e. The van der Waals surface area contributed by atoms with Gasteiger partial charge in [-0.05, 0) is 36.2 Å². The van der Waals surface area contributed by atoms with Crippen LogP contribution in [0.5, 0.6) is 0 Å². The van der Waals surface area contributed by atoms with E-state index in [1.807, 2.05) is 25.1 Å². The number of carbonyl (C=O) groups is 1. The number of ketones is 1. The molecule has 0 spiro atoms. The molecule has 0 atom stereocenters. The van der Waals surface area contributed by atoms with Crippen molar-refractivity contribution in [1.82, 2.24) is 4.98 Å². The number of hydrogen-bond acceptors (Lipinski definition) is 2. The van der Waals surface area contributed by atoms with Gasteiger partial charge in [0.15, 0.2) is 5.78 Å². The fourth-order valence-electron chi connectivity index (χ4n) is 1.65. The van der Waals surface area contributed by atoms with Crippen LogP contribution in [-0.4, -0.2) is 10.8 Å². The maximum atomic E-state index is 12.1. The third-order valence-electron chi connectivity index (χ3n) is 2.56. The highest BCUT2D eigenvalue weighted by Crippen LogP contribution is 2.22. The summed E-state index contributed by atoms with van der Waals surface area (Å²) in [5, 5.41) is 0.596. The number of Topliss-reactive ketones (excluding diaryl/α,β-unsaturated/α-hetero) is 1. The summed E-state index contributed by atoms with van der Waals surface area (Å²) >= 11 is 9.43. The lowest BCUT2D eigenvalue weighted by molar-refractivity contribution is 0.0992. The Morgan fingerprint density at radius 3 is 2.78 bits per heavy atom. The number of hydrogen-bond donors (Lipinski definition) is 0. The lowest BCUT2D eigenvalue weighted by atomic mass is 10.0. The minimum absolute atomic E-state index is 0.0235. The van der Waals surface area contributed by atoms with E-state index in [9.17, 15) is 4.79 Å². The van der Waals surface area contributed by atoms with Crippen LogP contribution in [0.15, 0.2) is 41.1 Å². The normalized spacial score (nSPS) is 10.4. The Labute approximate surface area is 119 Å². The molecule has 0 aliphatic carbocycles. The van der Waals surface area contributed by atoms with Gasteiger partial charge in [0, 0.05) is 33.9 Å². The lowest BCUT2D eigenvalue weighted by Crippen LogP contribution is -2.04. The SMILES string of the molecule is Cc1cncc(C(=O)Cc2ccc(Br)cc2Cl)c1. The van der Waals surface area contributed by atoms with Crippen LogP contribution in [0.2, 0.25) is 5.02 Å². The molecule has 0 fully saturated rings. The monoisotopic (exact) mass is 323 g/mol. The molecule has 1 heterocycles. The maximum Gasteiger partial charge on any atom is 0.168 e. The molecule has 0 radical (unpaired) electrons. The van der Waals surface area contributed by atoms with E-state index in [2.05, 4.69) is 20.9 Å². The van der Waals surface area contributed by atoms with Gasteiger partial charge in [0.2, 0.25) is 0 Å². The van der Waals surface area contributed by atoms with Crippen molar-refractivity contribution in [3.63, 3.8) is 0 Å². The molecule has 92 valence electrons. The third kappa shape index (κ3) is 3.18. The van der Waals surface area contributed by atoms with E-state index in [0.29, 0.717) is 10.6 Å². The Bertz CT molecular complexity index is 598. The molecule has 1 aromatic carbocycles. The minimum Gasteiger partial charge on any atom is -0.294 e. The zero-order valence-corrected chi connectivity index (χ0v) is 12.1. The highest BCUT2D eigenvalue weighted by Gasteiger charge is 2.10. The average Bonchev–Trinajstić information content (AvgIpc) is 2.32. The second-order valence-corrected chi connectivity index (χ2v) is 5.41. The molecule has 0 aliphatic rings. The molecule has 0 saturated carbocycles. The van der Waals surface area contributed by atoms with Gasteiger partial charge in [-0.15, -0.1) is 0 Å². The summed E-state index contributed by atoms with van der Waals surface area (Å²) in [6.45, 7) is 1.91. The van der Waals surface area contributed by atoms with Crippen LogP contribution >= 0.6 is 27.5 Å². The Morgan fingerprint density at radius 2 is 2.11 bits per heavy atom. The zero-order chi connectivity index (χ0) is 13.1. The number of carbonyl (C=O) groups excluding carboxylic acids is 1. The van der Waals surface area contributed by atoms with Gasteiger partial charge in [0.25, 0.3) is 0 Å². The molecular weight excluding hydrogens is 314 g/mol. The van der Waals surface area contributed by atoms with Crippen molar-refractivity contribution in [2.45, 2.75) is 13.3 Å². The standard InChI is InChI=1S/C14H11BrClNO/c1-9-4-11(8-17-7-9)14(18)5-10-2-3-12(15)6-13(10)16/h2-4,6-8H,5H2,1H3. The Hall–Kier alpha value is -1.19. The van der Waals surface area contributed by atoms with Crippen LogP contribution in [0.1, 0.15) is 21.5 Å². The van der Waals surface area contributed by atoms with Gasteiger partial charge in [-0.1, -0.05) is 33.6 Å². The molecule has 0 bridgehead atoms. The van der Waals surface area contributed by atoms with Crippen LogP contribution in [0.4, 0.5) is 0 Å². The average molecular weight is 325 g/mol. The summed E-state index contributed by atoms with van der Waals surface area (Å²) in [6, 6.07) is 7.36. The van der Waals surface area contributed by atoms with Gasteiger partial charge < -0.3 is 0 Å². The van der Waals surface area contributed by atoms with E-state index in [1.165, 1.54) is 0 Å². The number of rotatable bonds is 3. The van der Waals surface area contributed by atoms with Gasteiger partial charge in [-0.2, -0.15) is 0 Å².